The monoisotopic (exact) mass is 512 g/mol. The lowest BCUT2D eigenvalue weighted by Crippen LogP contribution is -2.34. The van der Waals surface area contributed by atoms with Crippen LogP contribution in [0, 0.1) is 23.5 Å². The molecule has 4 heterocycles. The van der Waals surface area contributed by atoms with E-state index in [1.165, 1.54) is 29.3 Å². The number of fused-ring (bicyclic) bond motifs is 3. The molecule has 11 heteroatoms. The van der Waals surface area contributed by atoms with Gasteiger partial charge < -0.3 is 10.6 Å². The van der Waals surface area contributed by atoms with Crippen LogP contribution in [0.25, 0.3) is 21.8 Å². The van der Waals surface area contributed by atoms with E-state index in [9.17, 15) is 4.79 Å². The summed E-state index contributed by atoms with van der Waals surface area (Å²) in [7, 11) is 3.52. The molecule has 1 aromatic carbocycles. The van der Waals surface area contributed by atoms with E-state index in [0.717, 1.165) is 12.8 Å². The van der Waals surface area contributed by atoms with Crippen LogP contribution in [0.5, 0.6) is 0 Å². The average Bonchev–Trinajstić information content (AvgIpc) is 3.52. The van der Waals surface area contributed by atoms with Gasteiger partial charge in [0.25, 0.3) is 5.91 Å². The van der Waals surface area contributed by atoms with Crippen LogP contribution in [0.3, 0.4) is 0 Å². The van der Waals surface area contributed by atoms with Crippen LogP contribution in [0.4, 0.5) is 14.6 Å². The number of pyridine rings is 2. The molecule has 0 spiro atoms. The number of aryl methyl sites for hydroxylation is 2. The van der Waals surface area contributed by atoms with Gasteiger partial charge in [-0.25, -0.2) is 13.8 Å². The molecule has 1 aliphatic rings. The largest absolute Gasteiger partial charge is 0.383 e. The standard InChI is InChI=1S/C27H22F2N8O/c1-35-13-16(11-32-35)4-3-15-7-22(29)24(31-10-15)14-37(17-5-6-17)27(38)18-8-19-23(9-21(18)28)34-26(30)20-12-33-36(2)25(19)20/h7-13,17H,5-6,14H2,1-2H3,(H2,30,34). The molecule has 9 nitrogen and oxygen atoms in total. The molecule has 1 fully saturated rings. The summed E-state index contributed by atoms with van der Waals surface area (Å²) in [4.78, 5) is 23.6. The molecule has 0 aliphatic heterocycles. The summed E-state index contributed by atoms with van der Waals surface area (Å²) < 4.78 is 33.5. The number of carbonyl (C=O) groups is 1. The Morgan fingerprint density at radius 1 is 1.05 bits per heavy atom. The number of nitrogens with two attached hydrogens (primary N) is 1. The number of hydrogen-bond acceptors (Lipinski definition) is 6. The summed E-state index contributed by atoms with van der Waals surface area (Å²) in [6.45, 7) is -0.0930. The highest BCUT2D eigenvalue weighted by atomic mass is 19.1. The Morgan fingerprint density at radius 2 is 1.84 bits per heavy atom. The number of rotatable bonds is 4. The molecule has 1 aliphatic carbocycles. The summed E-state index contributed by atoms with van der Waals surface area (Å²) >= 11 is 0. The van der Waals surface area contributed by atoms with Crippen molar-refractivity contribution in [2.24, 2.45) is 14.1 Å². The number of halogens is 2. The third kappa shape index (κ3) is 4.20. The molecular weight excluding hydrogens is 490 g/mol. The topological polar surface area (TPSA) is 108 Å². The van der Waals surface area contributed by atoms with E-state index >= 15 is 8.78 Å². The normalized spacial score (nSPS) is 13.1. The predicted molar refractivity (Wildman–Crippen MR) is 137 cm³/mol. The molecule has 5 aromatic rings. The van der Waals surface area contributed by atoms with Crippen LogP contribution < -0.4 is 5.73 Å². The predicted octanol–water partition coefficient (Wildman–Crippen LogP) is 3.32. The highest BCUT2D eigenvalue weighted by Crippen LogP contribution is 2.33. The van der Waals surface area contributed by atoms with Crippen LogP contribution in [0.15, 0.2) is 43.0 Å². The van der Waals surface area contributed by atoms with Gasteiger partial charge in [0.2, 0.25) is 0 Å². The van der Waals surface area contributed by atoms with Gasteiger partial charge in [-0.3, -0.25) is 19.1 Å². The Balaban J connectivity index is 1.32. The summed E-state index contributed by atoms with van der Waals surface area (Å²) in [5.74, 6) is 4.15. The second-order valence-electron chi connectivity index (χ2n) is 9.35. The van der Waals surface area contributed by atoms with Gasteiger partial charge in [-0.15, -0.1) is 0 Å². The fourth-order valence-electron chi connectivity index (χ4n) is 4.49. The molecule has 0 unspecified atom stereocenters. The molecule has 38 heavy (non-hydrogen) atoms. The number of anilines is 1. The number of carbonyl (C=O) groups excluding carboxylic acids is 1. The van der Waals surface area contributed by atoms with Crippen molar-refractivity contribution in [2.45, 2.75) is 25.4 Å². The first-order valence-electron chi connectivity index (χ1n) is 11.9. The van der Waals surface area contributed by atoms with E-state index in [1.807, 2.05) is 0 Å². The van der Waals surface area contributed by atoms with Gasteiger partial charge >= 0.3 is 0 Å². The molecular formula is C27H22F2N8O. The maximum absolute atomic E-state index is 15.2. The number of hydrogen-bond donors (Lipinski definition) is 1. The minimum absolute atomic E-state index is 0.0850. The fraction of sp³-hybridized carbons (Fsp3) is 0.222. The zero-order valence-electron chi connectivity index (χ0n) is 20.6. The summed E-state index contributed by atoms with van der Waals surface area (Å²) in [6, 6.07) is 3.84. The van der Waals surface area contributed by atoms with Crippen molar-refractivity contribution >= 4 is 33.5 Å². The van der Waals surface area contributed by atoms with Gasteiger partial charge in [0, 0.05) is 49.5 Å². The molecule has 0 bridgehead atoms. The van der Waals surface area contributed by atoms with Gasteiger partial charge in [-0.1, -0.05) is 11.8 Å². The first kappa shape index (κ1) is 23.5. The Morgan fingerprint density at radius 3 is 2.55 bits per heavy atom. The molecule has 0 atom stereocenters. The highest BCUT2D eigenvalue weighted by Gasteiger charge is 2.35. The Kier molecular flexibility index (Phi) is 5.52. The quantitative estimate of drug-likeness (QED) is 0.370. The van der Waals surface area contributed by atoms with E-state index in [1.54, 1.807) is 42.0 Å². The maximum atomic E-state index is 15.2. The molecule has 4 aromatic heterocycles. The lowest BCUT2D eigenvalue weighted by atomic mass is 10.1. The third-order valence-electron chi connectivity index (χ3n) is 6.57. The van der Waals surface area contributed by atoms with Gasteiger partial charge in [0.15, 0.2) is 0 Å². The molecule has 190 valence electrons. The van der Waals surface area contributed by atoms with Gasteiger partial charge in [0.05, 0.1) is 52.2 Å². The van der Waals surface area contributed by atoms with Crippen LogP contribution in [0.2, 0.25) is 0 Å². The number of nitrogens with zero attached hydrogens (tertiary/aromatic N) is 7. The lowest BCUT2D eigenvalue weighted by Gasteiger charge is -2.23. The Bertz CT molecular complexity index is 1810. The van der Waals surface area contributed by atoms with Gasteiger partial charge in [0.1, 0.15) is 17.5 Å². The molecule has 1 saturated carbocycles. The number of aromatic nitrogens is 6. The first-order valence-corrected chi connectivity index (χ1v) is 11.9. The van der Waals surface area contributed by atoms with E-state index in [4.69, 9.17) is 5.73 Å². The van der Waals surface area contributed by atoms with Crippen molar-refractivity contribution < 1.29 is 13.6 Å². The van der Waals surface area contributed by atoms with Crippen molar-refractivity contribution in [2.75, 3.05) is 5.73 Å². The van der Waals surface area contributed by atoms with Crippen molar-refractivity contribution in [1.82, 2.24) is 34.4 Å². The fourth-order valence-corrected chi connectivity index (χ4v) is 4.49. The van der Waals surface area contributed by atoms with Crippen molar-refractivity contribution in [3.8, 4) is 11.8 Å². The summed E-state index contributed by atoms with van der Waals surface area (Å²) in [6.07, 6.45) is 7.91. The Labute approximate surface area is 215 Å². The van der Waals surface area contributed by atoms with Gasteiger partial charge in [-0.05, 0) is 25.0 Å². The van der Waals surface area contributed by atoms with Crippen molar-refractivity contribution in [3.63, 3.8) is 0 Å². The highest BCUT2D eigenvalue weighted by molar-refractivity contribution is 6.10. The number of amides is 1. The minimum Gasteiger partial charge on any atom is -0.383 e. The van der Waals surface area contributed by atoms with Crippen LogP contribution in [-0.4, -0.2) is 46.4 Å². The van der Waals surface area contributed by atoms with E-state index in [-0.39, 0.29) is 29.7 Å². The van der Waals surface area contributed by atoms with Crippen LogP contribution in [0.1, 0.15) is 40.0 Å². The number of nitrogen functional groups attached to an aromatic ring is 1. The minimum atomic E-state index is -0.726. The summed E-state index contributed by atoms with van der Waals surface area (Å²) in [5, 5.41) is 9.44. The van der Waals surface area contributed by atoms with Crippen LogP contribution >= 0.6 is 0 Å². The third-order valence-corrected chi connectivity index (χ3v) is 6.57. The van der Waals surface area contributed by atoms with Crippen molar-refractivity contribution in [3.05, 3.63) is 77.0 Å². The lowest BCUT2D eigenvalue weighted by molar-refractivity contribution is 0.0721. The SMILES string of the molecule is Cn1cc(C#Cc2cnc(CN(C(=O)c3cc4c(cc3F)nc(N)c3cnn(C)c34)C3CC3)c(F)c2)cn1. The second-order valence-corrected chi connectivity index (χ2v) is 9.35. The van der Waals surface area contributed by atoms with E-state index < -0.39 is 17.5 Å². The molecule has 6 rings (SSSR count). The smallest absolute Gasteiger partial charge is 0.257 e. The molecule has 0 saturated heterocycles. The Hall–Kier alpha value is -4.85. The first-order chi connectivity index (χ1) is 18.3. The molecule has 2 N–H and O–H groups in total. The second kappa shape index (κ2) is 8.92. The van der Waals surface area contributed by atoms with E-state index in [2.05, 4.69) is 32.0 Å². The van der Waals surface area contributed by atoms with Crippen molar-refractivity contribution in [1.29, 1.82) is 0 Å². The zero-order chi connectivity index (χ0) is 26.6. The molecule has 0 radical (unpaired) electrons. The average molecular weight is 513 g/mol. The zero-order valence-corrected chi connectivity index (χ0v) is 20.6. The van der Waals surface area contributed by atoms with E-state index in [0.29, 0.717) is 32.9 Å². The molecule has 1 amide bonds. The van der Waals surface area contributed by atoms with Crippen LogP contribution in [-0.2, 0) is 20.6 Å². The number of benzene rings is 1. The maximum Gasteiger partial charge on any atom is 0.257 e. The van der Waals surface area contributed by atoms with Gasteiger partial charge in [-0.2, -0.15) is 10.2 Å². The summed E-state index contributed by atoms with van der Waals surface area (Å²) in [5.41, 5.74) is 8.04.